The summed E-state index contributed by atoms with van der Waals surface area (Å²) in [6.07, 6.45) is 5.31. The van der Waals surface area contributed by atoms with Crippen molar-refractivity contribution in [2.24, 2.45) is 11.5 Å². The molecule has 0 bridgehead atoms. The van der Waals surface area contributed by atoms with Crippen molar-refractivity contribution in [3.63, 3.8) is 0 Å². The smallest absolute Gasteiger partial charge is 0.276 e. The number of imidazole rings is 1. The Balaban J connectivity index is 1.47. The van der Waals surface area contributed by atoms with E-state index in [4.69, 9.17) is 16.2 Å². The van der Waals surface area contributed by atoms with E-state index in [1.807, 2.05) is 48.5 Å². The van der Waals surface area contributed by atoms with Gasteiger partial charge in [-0.2, -0.15) is 5.10 Å². The lowest BCUT2D eigenvalue weighted by molar-refractivity contribution is 0.0995. The number of fused-ring (bicyclic) bond motifs is 2. The molecule has 0 spiro atoms. The Bertz CT molecular complexity index is 1640. The summed E-state index contributed by atoms with van der Waals surface area (Å²) in [5, 5.41) is 10.5. The first kappa shape index (κ1) is 26.7. The molecule has 13 nitrogen and oxygen atoms in total. The third-order valence-corrected chi connectivity index (χ3v) is 6.64. The van der Waals surface area contributed by atoms with Gasteiger partial charge in [0.15, 0.2) is 12.1 Å². The van der Waals surface area contributed by atoms with Crippen LogP contribution in [0.4, 0.5) is 17.5 Å². The van der Waals surface area contributed by atoms with Gasteiger partial charge in [0.25, 0.3) is 5.91 Å². The zero-order valence-corrected chi connectivity index (χ0v) is 22.8. The number of benzene rings is 1. The van der Waals surface area contributed by atoms with Crippen LogP contribution in [0.5, 0.6) is 5.75 Å². The van der Waals surface area contributed by atoms with E-state index < -0.39 is 12.2 Å². The molecule has 0 radical (unpaired) electrons. The lowest BCUT2D eigenvalue weighted by atomic mass is 10.1. The van der Waals surface area contributed by atoms with E-state index in [1.165, 1.54) is 7.11 Å². The van der Waals surface area contributed by atoms with Crippen molar-refractivity contribution < 1.29 is 14.3 Å². The number of rotatable bonds is 9. The van der Waals surface area contributed by atoms with Crippen LogP contribution in [0.1, 0.15) is 39.0 Å². The Hall–Kier alpha value is -4.91. The van der Waals surface area contributed by atoms with Gasteiger partial charge in [0.2, 0.25) is 11.9 Å². The molecule has 2 amide bonds. The Morgan fingerprint density at radius 1 is 1.18 bits per heavy atom. The molecule has 4 aromatic rings. The topological polar surface area (TPSA) is 171 Å². The van der Waals surface area contributed by atoms with Gasteiger partial charge >= 0.3 is 0 Å². The van der Waals surface area contributed by atoms with Crippen LogP contribution < -0.4 is 31.7 Å². The fourth-order valence-electron chi connectivity index (χ4n) is 4.77. The highest BCUT2D eigenvalue weighted by Crippen LogP contribution is 2.32. The molecular formula is C27H32N10O3. The predicted octanol–water partition coefficient (Wildman–Crippen LogP) is 2.35. The molecule has 3 aromatic heterocycles. The Kier molecular flexibility index (Phi) is 7.13. The molecule has 208 valence electrons. The van der Waals surface area contributed by atoms with Crippen molar-refractivity contribution in [1.82, 2.24) is 24.3 Å². The van der Waals surface area contributed by atoms with E-state index in [-0.39, 0.29) is 17.4 Å². The van der Waals surface area contributed by atoms with E-state index in [9.17, 15) is 9.59 Å². The number of carbonyl (C=O) groups excluding carboxylic acids is 2. The molecule has 0 fully saturated rings. The van der Waals surface area contributed by atoms with Gasteiger partial charge in [-0.3, -0.25) is 25.3 Å². The second-order valence-electron chi connectivity index (χ2n) is 9.49. The second-order valence-corrected chi connectivity index (χ2v) is 9.49. The summed E-state index contributed by atoms with van der Waals surface area (Å²) in [6, 6.07) is 6.87. The minimum Gasteiger partial charge on any atom is -0.494 e. The number of primary amides is 1. The summed E-state index contributed by atoms with van der Waals surface area (Å²) < 4.78 is 9.03. The summed E-state index contributed by atoms with van der Waals surface area (Å²) in [5.41, 5.74) is 16.2. The lowest BCUT2D eigenvalue weighted by Crippen LogP contribution is -2.43. The highest BCUT2D eigenvalue weighted by atomic mass is 16.5. The number of pyridine rings is 1. The van der Waals surface area contributed by atoms with Gasteiger partial charge in [0, 0.05) is 31.4 Å². The lowest BCUT2D eigenvalue weighted by Gasteiger charge is -2.20. The van der Waals surface area contributed by atoms with Crippen LogP contribution in [0.3, 0.4) is 0 Å². The van der Waals surface area contributed by atoms with Crippen molar-refractivity contribution in [3.05, 3.63) is 65.1 Å². The number of aryl methyl sites for hydroxylation is 3. The molecule has 4 heterocycles. The van der Waals surface area contributed by atoms with Crippen LogP contribution in [0.25, 0.3) is 11.0 Å². The van der Waals surface area contributed by atoms with Crippen LogP contribution in [0.2, 0.25) is 0 Å². The highest BCUT2D eigenvalue weighted by Gasteiger charge is 2.26. The molecular weight excluding hydrogens is 512 g/mol. The summed E-state index contributed by atoms with van der Waals surface area (Å²) in [6.45, 7) is 7.11. The average molecular weight is 545 g/mol. The van der Waals surface area contributed by atoms with E-state index in [1.54, 1.807) is 29.1 Å². The van der Waals surface area contributed by atoms with E-state index in [2.05, 4.69) is 25.7 Å². The average Bonchev–Trinajstić information content (AvgIpc) is 3.57. The molecule has 1 atom stereocenters. The van der Waals surface area contributed by atoms with E-state index in [0.717, 1.165) is 22.8 Å². The second kappa shape index (κ2) is 10.7. The number of nitrogens with two attached hydrogens (primary N) is 2. The molecule has 5 rings (SSSR count). The van der Waals surface area contributed by atoms with Crippen molar-refractivity contribution in [3.8, 4) is 5.75 Å². The van der Waals surface area contributed by atoms with Crippen molar-refractivity contribution in [2.45, 2.75) is 40.2 Å². The number of nitrogens with one attached hydrogen (secondary N) is 2. The molecule has 1 aromatic carbocycles. The standard InChI is InChI=1S/C27H32N10O3/c1-5-37-20(11-16(3)34-37)25(39)33-27-32-18-12-17(23(28)38)13-21(40-4)22(18)35(27)8-6-7-9-36-24-19(31-26(36)29)10-15(2)14-30-24/h6-7,10-14,26,31H,5,8-9,29H2,1-4H3,(H2,28,38)(H,32,33,39)/b7-6+. The number of ether oxygens (including phenoxy) is 1. The molecule has 1 unspecified atom stereocenters. The maximum atomic E-state index is 13.3. The van der Waals surface area contributed by atoms with Gasteiger partial charge in [-0.15, -0.1) is 0 Å². The molecule has 1 aliphatic rings. The normalized spacial score (nSPS) is 14.5. The molecule has 1 aliphatic heterocycles. The van der Waals surface area contributed by atoms with Gasteiger partial charge in [-0.05, 0) is 50.6 Å². The van der Waals surface area contributed by atoms with Gasteiger partial charge < -0.3 is 25.3 Å². The fraction of sp³-hybridized carbons (Fsp3) is 0.296. The number of aromatic nitrogens is 5. The van der Waals surface area contributed by atoms with Gasteiger partial charge in [0.05, 0.1) is 24.0 Å². The zero-order chi connectivity index (χ0) is 28.6. The first-order chi connectivity index (χ1) is 19.2. The monoisotopic (exact) mass is 544 g/mol. The first-order valence-electron chi connectivity index (χ1n) is 12.8. The predicted molar refractivity (Wildman–Crippen MR) is 152 cm³/mol. The highest BCUT2D eigenvalue weighted by molar-refractivity contribution is 6.04. The summed E-state index contributed by atoms with van der Waals surface area (Å²) in [4.78, 5) is 36.3. The maximum absolute atomic E-state index is 13.3. The maximum Gasteiger partial charge on any atom is 0.276 e. The van der Waals surface area contributed by atoms with Gasteiger partial charge in [0.1, 0.15) is 17.0 Å². The van der Waals surface area contributed by atoms with Gasteiger partial charge in [-0.1, -0.05) is 12.2 Å². The largest absolute Gasteiger partial charge is 0.494 e. The van der Waals surface area contributed by atoms with E-state index >= 15 is 0 Å². The van der Waals surface area contributed by atoms with Gasteiger partial charge in [-0.25, -0.2) is 9.97 Å². The fourth-order valence-corrected chi connectivity index (χ4v) is 4.77. The molecule has 0 aliphatic carbocycles. The number of methoxy groups -OCH3 is 1. The van der Waals surface area contributed by atoms with Crippen molar-refractivity contribution in [2.75, 3.05) is 29.2 Å². The van der Waals surface area contributed by atoms with Crippen LogP contribution in [0, 0.1) is 13.8 Å². The number of amides is 2. The van der Waals surface area contributed by atoms with Crippen LogP contribution in [-0.2, 0) is 13.1 Å². The molecule has 13 heteroatoms. The van der Waals surface area contributed by atoms with E-state index in [0.29, 0.717) is 42.1 Å². The van der Waals surface area contributed by atoms with Crippen molar-refractivity contribution in [1.29, 1.82) is 0 Å². The van der Waals surface area contributed by atoms with Crippen LogP contribution in [-0.4, -0.2) is 56.1 Å². The van der Waals surface area contributed by atoms with Crippen LogP contribution in [0.15, 0.2) is 42.6 Å². The quantitative estimate of drug-likeness (QED) is 0.231. The van der Waals surface area contributed by atoms with Crippen molar-refractivity contribution >= 4 is 40.3 Å². The SMILES string of the molecule is CCn1nc(C)cc1C(=O)Nc1nc2cc(C(N)=O)cc(OC)c2n1C/C=C/CN1c2ncc(C)cc2NC1N. The summed E-state index contributed by atoms with van der Waals surface area (Å²) in [7, 11) is 1.50. The molecule has 0 saturated heterocycles. The number of nitrogens with zero attached hydrogens (tertiary/aromatic N) is 6. The number of hydrogen-bond donors (Lipinski definition) is 4. The third-order valence-electron chi connectivity index (χ3n) is 6.64. The minimum atomic E-state index is -0.609. The molecule has 6 N–H and O–H groups in total. The zero-order valence-electron chi connectivity index (χ0n) is 22.8. The van der Waals surface area contributed by atoms with Crippen LogP contribution >= 0.6 is 0 Å². The Morgan fingerprint density at radius 3 is 2.67 bits per heavy atom. The number of anilines is 3. The molecule has 0 saturated carbocycles. The summed E-state index contributed by atoms with van der Waals surface area (Å²) >= 11 is 0. The number of carbonyl (C=O) groups is 2. The molecule has 40 heavy (non-hydrogen) atoms. The third kappa shape index (κ3) is 4.94. The Labute approximate surface area is 230 Å². The first-order valence-corrected chi connectivity index (χ1v) is 12.8. The number of allylic oxidation sites excluding steroid dienone is 1. The number of hydrogen-bond acceptors (Lipinski definition) is 9. The minimum absolute atomic E-state index is 0.249. The summed E-state index contributed by atoms with van der Waals surface area (Å²) in [5.74, 6) is 0.508. The Morgan fingerprint density at radius 2 is 1.95 bits per heavy atom.